The van der Waals surface area contributed by atoms with E-state index >= 15 is 0 Å². The van der Waals surface area contributed by atoms with E-state index in [2.05, 4.69) is 31.9 Å². The van der Waals surface area contributed by atoms with Crippen molar-refractivity contribution in [2.75, 3.05) is 6.54 Å². The molecule has 0 radical (unpaired) electrons. The first-order valence-corrected chi connectivity index (χ1v) is 6.66. The van der Waals surface area contributed by atoms with Gasteiger partial charge in [0.15, 0.2) is 0 Å². The lowest BCUT2D eigenvalue weighted by Crippen LogP contribution is -2.45. The molecule has 0 bridgehead atoms. The molecule has 2 amide bonds. The average molecular weight is 354 g/mol. The lowest BCUT2D eigenvalue weighted by atomic mass is 10.1. The third kappa shape index (κ3) is 3.31. The highest BCUT2D eigenvalue weighted by molar-refractivity contribution is 9.28. The minimum absolute atomic E-state index is 0.00634. The number of carbonyl (C=O) groups is 2. The Balaban J connectivity index is 2.74. The molecule has 0 unspecified atom stereocenters. The largest absolute Gasteiger partial charge is 0.368 e. The molecule has 1 saturated heterocycles. The van der Waals surface area contributed by atoms with E-state index in [0.29, 0.717) is 19.4 Å². The van der Waals surface area contributed by atoms with Gasteiger partial charge in [-0.25, -0.2) is 0 Å². The number of hydrogen-bond acceptors (Lipinski definition) is 2. The van der Waals surface area contributed by atoms with Gasteiger partial charge in [0, 0.05) is 18.9 Å². The molecule has 0 aromatic heterocycles. The SMILES string of the molecule is CC[C@@H](C(N)=O)N1C[C@H](C=C(Br)Br)CC1=O. The number of rotatable bonds is 4. The smallest absolute Gasteiger partial charge is 0.240 e. The molecule has 1 aliphatic heterocycles. The van der Waals surface area contributed by atoms with Gasteiger partial charge in [0.2, 0.25) is 11.8 Å². The van der Waals surface area contributed by atoms with Crippen molar-refractivity contribution in [2.24, 2.45) is 11.7 Å². The first-order valence-electron chi connectivity index (χ1n) is 5.07. The van der Waals surface area contributed by atoms with Crippen LogP contribution >= 0.6 is 31.9 Å². The quantitative estimate of drug-likeness (QED) is 0.836. The molecule has 0 saturated carbocycles. The molecule has 0 aromatic carbocycles. The van der Waals surface area contributed by atoms with Gasteiger partial charge >= 0.3 is 0 Å². The van der Waals surface area contributed by atoms with E-state index < -0.39 is 11.9 Å². The first-order chi connectivity index (χ1) is 7.45. The van der Waals surface area contributed by atoms with Gasteiger partial charge in [0.1, 0.15) is 6.04 Å². The van der Waals surface area contributed by atoms with Crippen LogP contribution in [0, 0.1) is 5.92 Å². The number of primary amides is 1. The number of amides is 2. The summed E-state index contributed by atoms with van der Waals surface area (Å²) < 4.78 is 0.826. The standard InChI is InChI=1S/C10H14Br2N2O2/c1-2-7(10(13)16)14-5-6(3-8(11)12)4-9(14)15/h3,6-7H,2,4-5H2,1H3,(H2,13,16)/t6-,7+/m1/s1. The average Bonchev–Trinajstić information content (AvgIpc) is 2.46. The van der Waals surface area contributed by atoms with Crippen molar-refractivity contribution >= 4 is 43.7 Å². The Kier molecular flexibility index (Phi) is 4.98. The second-order valence-corrected chi connectivity index (χ2v) is 6.57. The fourth-order valence-electron chi connectivity index (χ4n) is 1.93. The maximum atomic E-state index is 11.7. The Labute approximate surface area is 111 Å². The molecule has 2 N–H and O–H groups in total. The van der Waals surface area contributed by atoms with Crippen LogP contribution in [0.5, 0.6) is 0 Å². The number of carbonyl (C=O) groups excluding carboxylic acids is 2. The zero-order valence-corrected chi connectivity index (χ0v) is 12.1. The summed E-state index contributed by atoms with van der Waals surface area (Å²) in [5.74, 6) is -0.304. The molecule has 1 fully saturated rings. The maximum Gasteiger partial charge on any atom is 0.240 e. The van der Waals surface area contributed by atoms with Crippen molar-refractivity contribution in [2.45, 2.75) is 25.8 Å². The second-order valence-electron chi connectivity index (χ2n) is 3.79. The summed E-state index contributed by atoms with van der Waals surface area (Å²) in [7, 11) is 0. The van der Waals surface area contributed by atoms with Gasteiger partial charge in [0.05, 0.1) is 3.39 Å². The predicted octanol–water partition coefficient (Wildman–Crippen LogP) is 1.73. The number of halogens is 2. The zero-order valence-electron chi connectivity index (χ0n) is 8.95. The van der Waals surface area contributed by atoms with Gasteiger partial charge in [-0.05, 0) is 38.3 Å². The van der Waals surface area contributed by atoms with E-state index in [4.69, 9.17) is 5.73 Å². The maximum absolute atomic E-state index is 11.7. The molecule has 1 rings (SSSR count). The van der Waals surface area contributed by atoms with Gasteiger partial charge in [0.25, 0.3) is 0 Å². The Bertz CT molecular complexity index is 327. The number of nitrogens with zero attached hydrogens (tertiary/aromatic N) is 1. The fourth-order valence-corrected chi connectivity index (χ4v) is 2.67. The Hall–Kier alpha value is -0.360. The molecule has 16 heavy (non-hydrogen) atoms. The van der Waals surface area contributed by atoms with Crippen LogP contribution in [0.2, 0.25) is 0 Å². The molecule has 1 aliphatic rings. The van der Waals surface area contributed by atoms with Crippen LogP contribution < -0.4 is 5.73 Å². The van der Waals surface area contributed by atoms with Gasteiger partial charge in [-0.3, -0.25) is 9.59 Å². The van der Waals surface area contributed by atoms with Gasteiger partial charge in [-0.2, -0.15) is 0 Å². The van der Waals surface area contributed by atoms with E-state index in [1.54, 1.807) is 4.90 Å². The minimum atomic E-state index is -0.472. The predicted molar refractivity (Wildman–Crippen MR) is 69.0 cm³/mol. The van der Waals surface area contributed by atoms with Gasteiger partial charge in [-0.15, -0.1) is 0 Å². The van der Waals surface area contributed by atoms with E-state index in [-0.39, 0.29) is 11.8 Å². The van der Waals surface area contributed by atoms with Crippen molar-refractivity contribution < 1.29 is 9.59 Å². The fraction of sp³-hybridized carbons (Fsp3) is 0.600. The monoisotopic (exact) mass is 352 g/mol. The summed E-state index contributed by atoms with van der Waals surface area (Å²) in [6.07, 6.45) is 2.92. The topological polar surface area (TPSA) is 63.4 Å². The van der Waals surface area contributed by atoms with Crippen LogP contribution in [0.1, 0.15) is 19.8 Å². The summed E-state index contributed by atoms with van der Waals surface area (Å²) in [6.45, 7) is 2.41. The molecule has 0 aliphatic carbocycles. The van der Waals surface area contributed by atoms with Crippen LogP contribution in [0.4, 0.5) is 0 Å². The van der Waals surface area contributed by atoms with Crippen LogP contribution in [-0.2, 0) is 9.59 Å². The lowest BCUT2D eigenvalue weighted by molar-refractivity contribution is -0.136. The lowest BCUT2D eigenvalue weighted by Gasteiger charge is -2.24. The normalized spacial score (nSPS) is 22.1. The third-order valence-corrected chi connectivity index (χ3v) is 3.17. The van der Waals surface area contributed by atoms with Gasteiger partial charge < -0.3 is 10.6 Å². The van der Waals surface area contributed by atoms with E-state index in [9.17, 15) is 9.59 Å². The summed E-state index contributed by atoms with van der Waals surface area (Å²) in [4.78, 5) is 24.5. The molecule has 0 spiro atoms. The number of likely N-dealkylation sites (tertiary alicyclic amines) is 1. The summed E-state index contributed by atoms with van der Waals surface area (Å²) >= 11 is 6.53. The number of hydrogen-bond donors (Lipinski definition) is 1. The van der Waals surface area contributed by atoms with E-state index in [1.165, 1.54) is 0 Å². The zero-order chi connectivity index (χ0) is 12.3. The molecule has 1 heterocycles. The summed E-state index contributed by atoms with van der Waals surface area (Å²) in [6, 6.07) is -0.472. The molecule has 2 atom stereocenters. The van der Waals surface area contributed by atoms with Crippen molar-refractivity contribution in [3.63, 3.8) is 0 Å². The Morgan fingerprint density at radius 1 is 1.69 bits per heavy atom. The molecule has 90 valence electrons. The highest BCUT2D eigenvalue weighted by Gasteiger charge is 2.34. The summed E-state index contributed by atoms with van der Waals surface area (Å²) in [5.41, 5.74) is 5.27. The van der Waals surface area contributed by atoms with E-state index in [0.717, 1.165) is 3.39 Å². The molecular weight excluding hydrogens is 340 g/mol. The van der Waals surface area contributed by atoms with E-state index in [1.807, 2.05) is 13.0 Å². The third-order valence-electron chi connectivity index (χ3n) is 2.64. The molecular formula is C10H14Br2N2O2. The van der Waals surface area contributed by atoms with Crippen LogP contribution in [0.3, 0.4) is 0 Å². The second kappa shape index (κ2) is 5.82. The number of nitrogens with two attached hydrogens (primary N) is 1. The molecule has 0 aromatic rings. The minimum Gasteiger partial charge on any atom is -0.368 e. The first kappa shape index (κ1) is 13.7. The van der Waals surface area contributed by atoms with Crippen LogP contribution in [0.25, 0.3) is 0 Å². The van der Waals surface area contributed by atoms with Crippen molar-refractivity contribution in [3.05, 3.63) is 9.47 Å². The van der Waals surface area contributed by atoms with Crippen molar-refractivity contribution in [1.82, 2.24) is 4.90 Å². The highest BCUT2D eigenvalue weighted by Crippen LogP contribution is 2.26. The van der Waals surface area contributed by atoms with Crippen LogP contribution in [-0.4, -0.2) is 29.3 Å². The van der Waals surface area contributed by atoms with Crippen LogP contribution in [0.15, 0.2) is 9.47 Å². The highest BCUT2D eigenvalue weighted by atomic mass is 79.9. The Morgan fingerprint density at radius 2 is 2.31 bits per heavy atom. The Morgan fingerprint density at radius 3 is 2.75 bits per heavy atom. The molecule has 4 nitrogen and oxygen atoms in total. The van der Waals surface area contributed by atoms with Gasteiger partial charge in [-0.1, -0.05) is 13.0 Å². The molecule has 6 heteroatoms. The summed E-state index contributed by atoms with van der Waals surface area (Å²) in [5, 5.41) is 0. The van der Waals surface area contributed by atoms with Crippen molar-refractivity contribution in [3.8, 4) is 0 Å². The van der Waals surface area contributed by atoms with Crippen molar-refractivity contribution in [1.29, 1.82) is 0 Å².